The predicted molar refractivity (Wildman–Crippen MR) is 76.8 cm³/mol. The number of nitrogens with zero attached hydrogens (tertiary/aromatic N) is 1. The van der Waals surface area contributed by atoms with Crippen molar-refractivity contribution in [1.29, 1.82) is 0 Å². The van der Waals surface area contributed by atoms with Gasteiger partial charge in [-0.2, -0.15) is 0 Å². The zero-order valence-corrected chi connectivity index (χ0v) is 12.1. The fourth-order valence-corrected chi connectivity index (χ4v) is 2.62. The third-order valence-electron chi connectivity index (χ3n) is 3.82. The van der Waals surface area contributed by atoms with E-state index in [4.69, 9.17) is 5.73 Å². The largest absolute Gasteiger partial charge is 0.395 e. The highest BCUT2D eigenvalue weighted by molar-refractivity contribution is 5.81. The van der Waals surface area contributed by atoms with Crippen molar-refractivity contribution in [2.75, 3.05) is 26.2 Å². The maximum atomic E-state index is 11.6. The van der Waals surface area contributed by atoms with Gasteiger partial charge in [-0.3, -0.25) is 9.69 Å². The molecular formula is C14H29N3O2. The van der Waals surface area contributed by atoms with E-state index in [0.29, 0.717) is 12.6 Å². The van der Waals surface area contributed by atoms with E-state index in [1.54, 1.807) is 0 Å². The molecule has 0 saturated carbocycles. The van der Waals surface area contributed by atoms with Crippen molar-refractivity contribution >= 4 is 5.91 Å². The van der Waals surface area contributed by atoms with Crippen molar-refractivity contribution in [2.24, 2.45) is 5.73 Å². The lowest BCUT2D eigenvalue weighted by Crippen LogP contribution is -2.41. The normalized spacial score (nSPS) is 21.5. The summed E-state index contributed by atoms with van der Waals surface area (Å²) in [5.74, 6) is -0.0312. The number of aliphatic hydroxyl groups is 1. The van der Waals surface area contributed by atoms with Gasteiger partial charge < -0.3 is 16.2 Å². The number of rotatable bonds is 9. The fraction of sp³-hybridized carbons (Fsp3) is 0.929. The quantitative estimate of drug-likeness (QED) is 0.533. The summed E-state index contributed by atoms with van der Waals surface area (Å²) >= 11 is 0. The van der Waals surface area contributed by atoms with Crippen LogP contribution in [0, 0.1) is 0 Å². The van der Waals surface area contributed by atoms with Crippen LogP contribution in [0.4, 0.5) is 0 Å². The Balaban J connectivity index is 2.03. The number of hydrogen-bond donors (Lipinski definition) is 3. The molecule has 0 aromatic carbocycles. The van der Waals surface area contributed by atoms with Gasteiger partial charge in [0.25, 0.3) is 0 Å². The number of aliphatic hydroxyl groups excluding tert-OH is 1. The maximum Gasteiger partial charge on any atom is 0.236 e. The summed E-state index contributed by atoms with van der Waals surface area (Å²) in [4.78, 5) is 13.9. The molecule has 1 saturated heterocycles. The summed E-state index contributed by atoms with van der Waals surface area (Å²) in [6, 6.07) is -0.00470. The molecule has 0 radical (unpaired) electrons. The van der Waals surface area contributed by atoms with Crippen molar-refractivity contribution < 1.29 is 9.90 Å². The molecule has 1 fully saturated rings. The van der Waals surface area contributed by atoms with E-state index in [0.717, 1.165) is 45.2 Å². The second-order valence-electron chi connectivity index (χ2n) is 5.41. The third-order valence-corrected chi connectivity index (χ3v) is 3.82. The molecule has 2 unspecified atom stereocenters. The van der Waals surface area contributed by atoms with Crippen LogP contribution in [0.3, 0.4) is 0 Å². The van der Waals surface area contributed by atoms with Crippen molar-refractivity contribution in [2.45, 2.75) is 57.5 Å². The Bertz CT molecular complexity index is 261. The molecule has 1 rings (SSSR count). The minimum Gasteiger partial charge on any atom is -0.395 e. The van der Waals surface area contributed by atoms with Gasteiger partial charge in [-0.1, -0.05) is 13.3 Å². The van der Waals surface area contributed by atoms with E-state index in [1.165, 1.54) is 6.42 Å². The summed E-state index contributed by atoms with van der Waals surface area (Å²) < 4.78 is 0. The highest BCUT2D eigenvalue weighted by Gasteiger charge is 2.22. The molecule has 0 aromatic heterocycles. The van der Waals surface area contributed by atoms with Gasteiger partial charge in [0.05, 0.1) is 12.6 Å². The maximum absolute atomic E-state index is 11.6. The van der Waals surface area contributed by atoms with Crippen LogP contribution < -0.4 is 11.1 Å². The molecule has 0 aliphatic carbocycles. The molecule has 1 aliphatic rings. The summed E-state index contributed by atoms with van der Waals surface area (Å²) in [5.41, 5.74) is 5.73. The summed E-state index contributed by atoms with van der Waals surface area (Å²) in [6.07, 6.45) is 6.01. The van der Waals surface area contributed by atoms with Gasteiger partial charge in [0, 0.05) is 12.6 Å². The highest BCUT2D eigenvalue weighted by Crippen LogP contribution is 2.16. The van der Waals surface area contributed by atoms with Crippen molar-refractivity contribution in [1.82, 2.24) is 10.2 Å². The van der Waals surface area contributed by atoms with Gasteiger partial charge in [-0.25, -0.2) is 0 Å². The van der Waals surface area contributed by atoms with Crippen LogP contribution in [0.1, 0.15) is 45.4 Å². The van der Waals surface area contributed by atoms with Crippen LogP contribution in [-0.2, 0) is 4.79 Å². The van der Waals surface area contributed by atoms with Gasteiger partial charge in [0.1, 0.15) is 0 Å². The van der Waals surface area contributed by atoms with Gasteiger partial charge in [0.15, 0.2) is 0 Å². The monoisotopic (exact) mass is 271 g/mol. The van der Waals surface area contributed by atoms with Gasteiger partial charge in [-0.15, -0.1) is 0 Å². The number of nitrogens with one attached hydrogen (secondary N) is 1. The van der Waals surface area contributed by atoms with E-state index in [2.05, 4.69) is 10.2 Å². The van der Waals surface area contributed by atoms with E-state index in [-0.39, 0.29) is 18.6 Å². The highest BCUT2D eigenvalue weighted by atomic mass is 16.3. The van der Waals surface area contributed by atoms with Gasteiger partial charge >= 0.3 is 0 Å². The molecule has 0 spiro atoms. The molecule has 4 N–H and O–H groups in total. The van der Waals surface area contributed by atoms with Crippen molar-refractivity contribution in [3.8, 4) is 0 Å². The van der Waals surface area contributed by atoms with Crippen LogP contribution in [0.25, 0.3) is 0 Å². The first-order chi connectivity index (χ1) is 9.19. The molecular weight excluding hydrogens is 242 g/mol. The first-order valence-electron chi connectivity index (χ1n) is 7.57. The zero-order valence-electron chi connectivity index (χ0n) is 12.1. The smallest absolute Gasteiger partial charge is 0.236 e. The lowest BCUT2D eigenvalue weighted by molar-refractivity contribution is -0.122. The van der Waals surface area contributed by atoms with Crippen LogP contribution in [-0.4, -0.2) is 54.2 Å². The third kappa shape index (κ3) is 5.89. The number of hydrogen-bond acceptors (Lipinski definition) is 4. The average molecular weight is 271 g/mol. The van der Waals surface area contributed by atoms with Crippen molar-refractivity contribution in [3.05, 3.63) is 0 Å². The lowest BCUT2D eigenvalue weighted by Gasteiger charge is -2.22. The second kappa shape index (κ2) is 9.28. The first-order valence-corrected chi connectivity index (χ1v) is 7.57. The number of carbonyl (C=O) groups excluding carboxylic acids is 1. The second-order valence-corrected chi connectivity index (χ2v) is 5.41. The molecule has 5 nitrogen and oxygen atoms in total. The summed E-state index contributed by atoms with van der Waals surface area (Å²) in [6.45, 7) is 5.11. The van der Waals surface area contributed by atoms with Crippen LogP contribution in [0.5, 0.6) is 0 Å². The summed E-state index contributed by atoms with van der Waals surface area (Å²) in [5, 5.41) is 12.1. The molecule has 0 aromatic rings. The van der Waals surface area contributed by atoms with Crippen LogP contribution in [0.15, 0.2) is 0 Å². The Morgan fingerprint density at radius 3 is 3.00 bits per heavy atom. The lowest BCUT2D eigenvalue weighted by atomic mass is 10.1. The topological polar surface area (TPSA) is 78.6 Å². The Labute approximate surface area is 116 Å². The Morgan fingerprint density at radius 1 is 1.53 bits per heavy atom. The minimum absolute atomic E-state index is 0.0312. The van der Waals surface area contributed by atoms with Gasteiger partial charge in [0.2, 0.25) is 5.91 Å². The minimum atomic E-state index is -0.359. The number of carbonyl (C=O) groups is 1. The van der Waals surface area contributed by atoms with Gasteiger partial charge in [-0.05, 0) is 45.2 Å². The summed E-state index contributed by atoms with van der Waals surface area (Å²) in [7, 11) is 0. The molecule has 19 heavy (non-hydrogen) atoms. The number of nitrogens with two attached hydrogens (primary N) is 1. The predicted octanol–water partition coefficient (Wildman–Crippen LogP) is 0.467. The zero-order chi connectivity index (χ0) is 14.1. The van der Waals surface area contributed by atoms with E-state index in [1.807, 2.05) is 6.92 Å². The van der Waals surface area contributed by atoms with E-state index in [9.17, 15) is 9.90 Å². The van der Waals surface area contributed by atoms with E-state index < -0.39 is 0 Å². The van der Waals surface area contributed by atoms with E-state index >= 15 is 0 Å². The molecule has 1 amide bonds. The number of unbranched alkanes of at least 4 members (excludes halogenated alkanes) is 1. The Hall–Kier alpha value is -0.650. The molecule has 2 atom stereocenters. The standard InChI is InChI=1S/C14H29N3O2/c1-2-6-13(15)14(19)16-8-3-4-9-17-10-5-7-12(17)11-18/h12-13,18H,2-11,15H2,1H3,(H,16,19). The molecule has 112 valence electrons. The van der Waals surface area contributed by atoms with Crippen LogP contribution in [0.2, 0.25) is 0 Å². The van der Waals surface area contributed by atoms with Crippen LogP contribution >= 0.6 is 0 Å². The average Bonchev–Trinajstić information content (AvgIpc) is 2.85. The number of likely N-dealkylation sites (tertiary alicyclic amines) is 1. The molecule has 5 heteroatoms. The fourth-order valence-electron chi connectivity index (χ4n) is 2.62. The molecule has 1 heterocycles. The Kier molecular flexibility index (Phi) is 8.02. The molecule has 1 aliphatic heterocycles. The number of amides is 1. The van der Waals surface area contributed by atoms with Crippen molar-refractivity contribution in [3.63, 3.8) is 0 Å². The molecule has 0 bridgehead atoms. The SMILES string of the molecule is CCCC(N)C(=O)NCCCCN1CCCC1CO. The Morgan fingerprint density at radius 2 is 2.32 bits per heavy atom. The first kappa shape index (κ1) is 16.4.